The van der Waals surface area contributed by atoms with Crippen molar-refractivity contribution in [2.24, 2.45) is 0 Å². The molecule has 5 nitrogen and oxygen atoms in total. The van der Waals surface area contributed by atoms with Crippen molar-refractivity contribution < 1.29 is 9.53 Å². The molecular weight excluding hydrogens is 326 g/mol. The second kappa shape index (κ2) is 5.68. The number of carbonyl (C=O) groups excluding carboxylic acids is 1. The number of nitrogens with zero attached hydrogens (tertiary/aromatic N) is 2. The average Bonchev–Trinajstić information content (AvgIpc) is 3.29. The summed E-state index contributed by atoms with van der Waals surface area (Å²) in [6, 6.07) is 18.1. The fourth-order valence-electron chi connectivity index (χ4n) is 5.01. The van der Waals surface area contributed by atoms with E-state index < -0.39 is 0 Å². The lowest BCUT2D eigenvalue weighted by Crippen LogP contribution is -2.45. The molecule has 4 atom stereocenters. The first-order valence-corrected chi connectivity index (χ1v) is 9.06. The number of carbonyl (C=O) groups is 1. The highest BCUT2D eigenvalue weighted by Crippen LogP contribution is 2.54. The summed E-state index contributed by atoms with van der Waals surface area (Å²) in [5.41, 5.74) is 3.55. The Kier molecular flexibility index (Phi) is 3.40. The Balaban J connectivity index is 1.58. The molecule has 3 heterocycles. The van der Waals surface area contributed by atoms with Crippen molar-refractivity contribution >= 4 is 17.5 Å². The minimum Gasteiger partial charge on any atom is -0.468 e. The van der Waals surface area contributed by atoms with Gasteiger partial charge in [0.25, 0.3) is 0 Å². The number of para-hydroxylation sites is 1. The predicted molar refractivity (Wildman–Crippen MR) is 99.4 cm³/mol. The average molecular weight is 347 g/mol. The Morgan fingerprint density at radius 1 is 1.15 bits per heavy atom. The maximum absolute atomic E-state index is 12.5. The lowest BCUT2D eigenvalue weighted by Gasteiger charge is -2.27. The highest BCUT2D eigenvalue weighted by Gasteiger charge is 2.61. The van der Waals surface area contributed by atoms with Crippen molar-refractivity contribution in [3.05, 3.63) is 65.7 Å². The van der Waals surface area contributed by atoms with E-state index >= 15 is 0 Å². The minimum atomic E-state index is -0.289. The summed E-state index contributed by atoms with van der Waals surface area (Å²) in [4.78, 5) is 16.9. The first-order chi connectivity index (χ1) is 12.7. The molecule has 2 aromatic carbocycles. The molecule has 26 heavy (non-hydrogen) atoms. The van der Waals surface area contributed by atoms with E-state index in [0.29, 0.717) is 5.84 Å². The number of esters is 1. The molecule has 2 saturated heterocycles. The highest BCUT2D eigenvalue weighted by atomic mass is 16.5. The van der Waals surface area contributed by atoms with Crippen molar-refractivity contribution in [2.75, 3.05) is 12.0 Å². The third-order valence-corrected chi connectivity index (χ3v) is 6.04. The summed E-state index contributed by atoms with van der Waals surface area (Å²) < 4.78 is 5.10. The molecule has 0 spiro atoms. The molecule has 3 aliphatic rings. The van der Waals surface area contributed by atoms with Crippen LogP contribution in [0.5, 0.6) is 0 Å². The predicted octanol–water partition coefficient (Wildman–Crippen LogP) is 2.77. The number of hydrogen-bond donors (Lipinski definition) is 1. The van der Waals surface area contributed by atoms with Crippen LogP contribution in [0.2, 0.25) is 0 Å². The maximum Gasteiger partial charge on any atom is 0.323 e. The van der Waals surface area contributed by atoms with E-state index in [4.69, 9.17) is 10.1 Å². The molecule has 5 rings (SSSR count). The molecule has 2 aromatic rings. The van der Waals surface area contributed by atoms with Gasteiger partial charge in [-0.25, -0.2) is 0 Å². The first-order valence-electron chi connectivity index (χ1n) is 9.06. The quantitative estimate of drug-likeness (QED) is 0.868. The van der Waals surface area contributed by atoms with Gasteiger partial charge in [-0.2, -0.15) is 0 Å². The fraction of sp³-hybridized carbons (Fsp3) is 0.333. The number of amidine groups is 1. The van der Waals surface area contributed by atoms with E-state index in [0.717, 1.165) is 18.5 Å². The number of hydrogen-bond acceptors (Lipinski definition) is 4. The van der Waals surface area contributed by atoms with Crippen molar-refractivity contribution in [2.45, 2.75) is 37.0 Å². The van der Waals surface area contributed by atoms with Crippen molar-refractivity contribution in [1.29, 1.82) is 5.41 Å². The molecule has 0 unspecified atom stereocenters. The van der Waals surface area contributed by atoms with Gasteiger partial charge in [0.05, 0.1) is 19.3 Å². The SMILES string of the molecule is COC(=O)[C@@H]1C[C@@H]2c3ccccc3N3C(=N)[C@@H](Cc4ccccc4)N1[C@H]23. The molecule has 5 heteroatoms. The zero-order valence-electron chi connectivity index (χ0n) is 14.6. The zero-order chi connectivity index (χ0) is 17.8. The van der Waals surface area contributed by atoms with E-state index in [1.165, 1.54) is 18.2 Å². The molecule has 0 amide bonds. The van der Waals surface area contributed by atoms with Gasteiger partial charge < -0.3 is 9.64 Å². The van der Waals surface area contributed by atoms with E-state index in [1.54, 1.807) is 0 Å². The summed E-state index contributed by atoms with van der Waals surface area (Å²) in [6.45, 7) is 0. The smallest absolute Gasteiger partial charge is 0.323 e. The van der Waals surface area contributed by atoms with Gasteiger partial charge in [-0.1, -0.05) is 48.5 Å². The number of methoxy groups -OCH3 is 1. The van der Waals surface area contributed by atoms with Crippen LogP contribution in [0, 0.1) is 5.41 Å². The molecule has 1 N–H and O–H groups in total. The first kappa shape index (κ1) is 15.6. The monoisotopic (exact) mass is 347 g/mol. The minimum absolute atomic E-state index is 0.0534. The van der Waals surface area contributed by atoms with Crippen LogP contribution < -0.4 is 4.90 Å². The fourth-order valence-corrected chi connectivity index (χ4v) is 5.01. The van der Waals surface area contributed by atoms with Crippen LogP contribution in [0.15, 0.2) is 54.6 Å². The van der Waals surface area contributed by atoms with Gasteiger partial charge in [0.2, 0.25) is 0 Å². The molecule has 0 aliphatic carbocycles. The lowest BCUT2D eigenvalue weighted by molar-refractivity contribution is -0.146. The van der Waals surface area contributed by atoms with E-state index in [1.807, 2.05) is 30.3 Å². The van der Waals surface area contributed by atoms with Gasteiger partial charge in [-0.15, -0.1) is 0 Å². The van der Waals surface area contributed by atoms with Crippen LogP contribution >= 0.6 is 0 Å². The van der Waals surface area contributed by atoms with Gasteiger partial charge >= 0.3 is 5.97 Å². The summed E-state index contributed by atoms with van der Waals surface area (Å²) in [7, 11) is 1.45. The molecule has 2 fully saturated rings. The number of benzene rings is 2. The number of nitrogens with one attached hydrogen (secondary N) is 1. The molecule has 0 saturated carbocycles. The second-order valence-electron chi connectivity index (χ2n) is 7.26. The van der Waals surface area contributed by atoms with Gasteiger partial charge in [-0.05, 0) is 30.0 Å². The van der Waals surface area contributed by atoms with Crippen molar-refractivity contribution in [3.63, 3.8) is 0 Å². The maximum atomic E-state index is 12.5. The van der Waals surface area contributed by atoms with E-state index in [2.05, 4.69) is 34.1 Å². The Bertz CT molecular complexity index is 882. The Morgan fingerprint density at radius 2 is 1.88 bits per heavy atom. The normalized spacial score (nSPS) is 29.0. The standard InChI is InChI=1S/C21H21N3O2/c1-26-21(25)18-12-15-14-9-5-6-10-16(14)24-19(22)17(23(18)20(15)24)11-13-7-3-2-4-8-13/h2-10,15,17-18,20,22H,11-12H2,1H3/t15-,17-,18+,20+/m1/s1. The number of rotatable bonds is 3. The number of ether oxygens (including phenoxy) is 1. The van der Waals surface area contributed by atoms with E-state index in [9.17, 15) is 4.79 Å². The summed E-state index contributed by atoms with van der Waals surface area (Å²) >= 11 is 0. The molecular formula is C21H21N3O2. The van der Waals surface area contributed by atoms with Crippen LogP contribution in [0.25, 0.3) is 0 Å². The van der Waals surface area contributed by atoms with Crippen LogP contribution in [0.3, 0.4) is 0 Å². The van der Waals surface area contributed by atoms with Crippen LogP contribution in [0.4, 0.5) is 5.69 Å². The molecule has 3 aliphatic heterocycles. The topological polar surface area (TPSA) is 56.6 Å². The van der Waals surface area contributed by atoms with Crippen molar-refractivity contribution in [1.82, 2.24) is 4.90 Å². The third kappa shape index (κ3) is 2.01. The number of anilines is 1. The van der Waals surface area contributed by atoms with Crippen LogP contribution in [0.1, 0.15) is 23.5 Å². The summed E-state index contributed by atoms with van der Waals surface area (Å²) in [6.07, 6.45) is 1.54. The summed E-state index contributed by atoms with van der Waals surface area (Å²) in [5.74, 6) is 0.642. The highest BCUT2D eigenvalue weighted by molar-refractivity contribution is 6.05. The lowest BCUT2D eigenvalue weighted by atomic mass is 9.96. The third-order valence-electron chi connectivity index (χ3n) is 6.04. The second-order valence-corrected chi connectivity index (χ2v) is 7.26. The van der Waals surface area contributed by atoms with Crippen LogP contribution in [-0.4, -0.2) is 42.1 Å². The Hall–Kier alpha value is -2.66. The van der Waals surface area contributed by atoms with E-state index in [-0.39, 0.29) is 30.1 Å². The van der Waals surface area contributed by atoms with Gasteiger partial charge in [0, 0.05) is 11.6 Å². The largest absolute Gasteiger partial charge is 0.468 e. The molecule has 0 aromatic heterocycles. The van der Waals surface area contributed by atoms with Crippen LogP contribution in [-0.2, 0) is 16.0 Å². The zero-order valence-corrected chi connectivity index (χ0v) is 14.6. The Labute approximate surface area is 152 Å². The van der Waals surface area contributed by atoms with Gasteiger partial charge in [0.1, 0.15) is 11.9 Å². The number of fused-ring (bicyclic) bond motifs is 3. The van der Waals surface area contributed by atoms with Gasteiger partial charge in [0.15, 0.2) is 0 Å². The molecule has 0 bridgehead atoms. The Morgan fingerprint density at radius 3 is 2.65 bits per heavy atom. The summed E-state index contributed by atoms with van der Waals surface area (Å²) in [5, 5.41) is 8.89. The van der Waals surface area contributed by atoms with Gasteiger partial charge in [-0.3, -0.25) is 15.1 Å². The molecule has 132 valence electrons. The molecule has 0 radical (unpaired) electrons. The van der Waals surface area contributed by atoms with Crippen molar-refractivity contribution in [3.8, 4) is 0 Å².